The van der Waals surface area contributed by atoms with E-state index >= 15 is 0 Å². The number of hydrogen-bond donors (Lipinski definition) is 0. The van der Waals surface area contributed by atoms with Crippen molar-refractivity contribution in [3.63, 3.8) is 0 Å². The summed E-state index contributed by atoms with van der Waals surface area (Å²) in [6.45, 7) is 8.50. The number of benzene rings is 1. The summed E-state index contributed by atoms with van der Waals surface area (Å²) >= 11 is 0. The lowest BCUT2D eigenvalue weighted by atomic mass is 10.0. The van der Waals surface area contributed by atoms with Gasteiger partial charge in [-0.15, -0.1) is 0 Å². The van der Waals surface area contributed by atoms with Crippen molar-refractivity contribution in [1.29, 1.82) is 0 Å². The van der Waals surface area contributed by atoms with E-state index in [0.717, 1.165) is 0 Å². The Morgan fingerprint density at radius 1 is 1.42 bits per heavy atom. The first-order valence-corrected chi connectivity index (χ1v) is 4.47. The maximum absolute atomic E-state index is 4.12. The summed E-state index contributed by atoms with van der Waals surface area (Å²) in [5.41, 5.74) is 5.51. The zero-order chi connectivity index (χ0) is 8.72. The Labute approximate surface area is 73.9 Å². The van der Waals surface area contributed by atoms with Gasteiger partial charge in [0.05, 0.1) is 0 Å². The van der Waals surface area contributed by atoms with Crippen molar-refractivity contribution < 1.29 is 0 Å². The molecule has 0 saturated heterocycles. The predicted molar refractivity (Wildman–Crippen MR) is 53.1 cm³/mol. The molecule has 0 aromatic heterocycles. The second kappa shape index (κ2) is 2.48. The minimum atomic E-state index is 0.641. The van der Waals surface area contributed by atoms with Gasteiger partial charge in [0.15, 0.2) is 0 Å². The summed E-state index contributed by atoms with van der Waals surface area (Å²) in [5, 5.41) is 0. The number of allylic oxidation sites excluding steroid dienone is 1. The third kappa shape index (κ3) is 0.989. The van der Waals surface area contributed by atoms with Crippen LogP contribution in [0.1, 0.15) is 23.6 Å². The average Bonchev–Trinajstić information content (AvgIpc) is 2.31. The molecule has 0 nitrogen and oxygen atoms in total. The highest BCUT2D eigenvalue weighted by atomic mass is 14.2. The lowest BCUT2D eigenvalue weighted by Gasteiger charge is -2.02. The van der Waals surface area contributed by atoms with Gasteiger partial charge in [-0.2, -0.15) is 0 Å². The highest BCUT2D eigenvalue weighted by molar-refractivity contribution is 5.72. The summed E-state index contributed by atoms with van der Waals surface area (Å²) in [4.78, 5) is 0. The molecule has 1 aromatic carbocycles. The third-order valence-electron chi connectivity index (χ3n) is 2.73. The Balaban J connectivity index is 2.56. The van der Waals surface area contributed by atoms with Gasteiger partial charge in [-0.3, -0.25) is 0 Å². The summed E-state index contributed by atoms with van der Waals surface area (Å²) < 4.78 is 0. The van der Waals surface area contributed by atoms with Gasteiger partial charge in [0.2, 0.25) is 0 Å². The Morgan fingerprint density at radius 3 is 2.92 bits per heavy atom. The van der Waals surface area contributed by atoms with E-state index in [1.165, 1.54) is 28.7 Å². The van der Waals surface area contributed by atoms with Crippen molar-refractivity contribution in [2.45, 2.75) is 20.3 Å². The molecule has 0 aliphatic heterocycles. The van der Waals surface area contributed by atoms with Crippen LogP contribution in [-0.4, -0.2) is 0 Å². The first kappa shape index (κ1) is 7.60. The minimum absolute atomic E-state index is 0.641. The number of hydrogen-bond acceptors (Lipinski definition) is 0. The van der Waals surface area contributed by atoms with Crippen LogP contribution in [0.3, 0.4) is 0 Å². The molecule has 1 aliphatic carbocycles. The van der Waals surface area contributed by atoms with Gasteiger partial charge < -0.3 is 0 Å². The number of aryl methyl sites for hydroxylation is 1. The van der Waals surface area contributed by atoms with Gasteiger partial charge in [-0.25, -0.2) is 0 Å². The molecule has 62 valence electrons. The third-order valence-corrected chi connectivity index (χ3v) is 2.73. The van der Waals surface area contributed by atoms with E-state index < -0.39 is 0 Å². The zero-order valence-corrected chi connectivity index (χ0v) is 7.72. The van der Waals surface area contributed by atoms with Gasteiger partial charge in [0.25, 0.3) is 0 Å². The Morgan fingerprint density at radius 2 is 2.17 bits per heavy atom. The van der Waals surface area contributed by atoms with Gasteiger partial charge in [0, 0.05) is 0 Å². The van der Waals surface area contributed by atoms with Crippen LogP contribution in [-0.2, 0) is 6.42 Å². The van der Waals surface area contributed by atoms with Gasteiger partial charge >= 0.3 is 0 Å². The fraction of sp³-hybridized carbons (Fsp3) is 0.333. The maximum atomic E-state index is 4.12. The van der Waals surface area contributed by atoms with E-state index in [2.05, 4.69) is 38.6 Å². The highest BCUT2D eigenvalue weighted by Gasteiger charge is 2.20. The van der Waals surface area contributed by atoms with Crippen molar-refractivity contribution in [2.75, 3.05) is 0 Å². The molecule has 1 aromatic rings. The minimum Gasteiger partial charge on any atom is -0.0949 e. The molecule has 1 aliphatic rings. The van der Waals surface area contributed by atoms with Crippen LogP contribution in [0.2, 0.25) is 0 Å². The zero-order valence-electron chi connectivity index (χ0n) is 7.72. The van der Waals surface area contributed by atoms with E-state index in [0.29, 0.717) is 5.92 Å². The Hall–Kier alpha value is -1.04. The van der Waals surface area contributed by atoms with Crippen LogP contribution in [0, 0.1) is 12.8 Å². The maximum Gasteiger partial charge on any atom is -0.0150 e. The SMILES string of the molecule is C=C1c2cc(C)ccc2C[C@H]1C. The Kier molecular flexibility index (Phi) is 1.57. The molecule has 0 heterocycles. The standard InChI is InChI=1S/C12H14/c1-8-4-5-11-7-9(2)10(3)12(11)6-8/h4-6,9H,3,7H2,1-2H3/t9-/m1/s1. The molecule has 0 spiro atoms. The molecule has 2 rings (SSSR count). The van der Waals surface area contributed by atoms with Crippen molar-refractivity contribution in [3.8, 4) is 0 Å². The first-order chi connectivity index (χ1) is 5.68. The molecule has 0 unspecified atom stereocenters. The largest absolute Gasteiger partial charge is 0.0949 e. The molecule has 0 amide bonds. The van der Waals surface area contributed by atoms with Gasteiger partial charge in [-0.05, 0) is 36.0 Å². The summed E-state index contributed by atoms with van der Waals surface area (Å²) in [6, 6.07) is 6.67. The van der Waals surface area contributed by atoms with Gasteiger partial charge in [0.1, 0.15) is 0 Å². The topological polar surface area (TPSA) is 0 Å². The Bertz CT molecular complexity index is 334. The quantitative estimate of drug-likeness (QED) is 0.544. The summed E-state index contributed by atoms with van der Waals surface area (Å²) in [5.74, 6) is 0.641. The molecule has 0 saturated carbocycles. The van der Waals surface area contributed by atoms with Crippen molar-refractivity contribution >= 4 is 5.57 Å². The molecule has 0 bridgehead atoms. The van der Waals surface area contributed by atoms with E-state index in [1.54, 1.807) is 0 Å². The van der Waals surface area contributed by atoms with Crippen LogP contribution in [0.5, 0.6) is 0 Å². The van der Waals surface area contributed by atoms with E-state index in [1.807, 2.05) is 0 Å². The molecule has 0 fully saturated rings. The average molecular weight is 158 g/mol. The monoisotopic (exact) mass is 158 g/mol. The number of fused-ring (bicyclic) bond motifs is 1. The molecule has 0 heteroatoms. The molecular weight excluding hydrogens is 144 g/mol. The van der Waals surface area contributed by atoms with Crippen LogP contribution in [0.15, 0.2) is 24.8 Å². The van der Waals surface area contributed by atoms with Crippen LogP contribution >= 0.6 is 0 Å². The lowest BCUT2D eigenvalue weighted by Crippen LogP contribution is -1.87. The molecule has 0 N–H and O–H groups in total. The van der Waals surface area contributed by atoms with Crippen LogP contribution in [0.25, 0.3) is 5.57 Å². The van der Waals surface area contributed by atoms with Gasteiger partial charge in [-0.1, -0.05) is 37.3 Å². The molecule has 12 heavy (non-hydrogen) atoms. The fourth-order valence-electron chi connectivity index (χ4n) is 1.89. The summed E-state index contributed by atoms with van der Waals surface area (Å²) in [6.07, 6.45) is 1.18. The first-order valence-electron chi connectivity index (χ1n) is 4.47. The van der Waals surface area contributed by atoms with E-state index in [9.17, 15) is 0 Å². The smallest absolute Gasteiger partial charge is 0.0150 e. The van der Waals surface area contributed by atoms with E-state index in [-0.39, 0.29) is 0 Å². The fourth-order valence-corrected chi connectivity index (χ4v) is 1.89. The highest BCUT2D eigenvalue weighted by Crippen LogP contribution is 2.35. The van der Waals surface area contributed by atoms with E-state index in [4.69, 9.17) is 0 Å². The summed E-state index contributed by atoms with van der Waals surface area (Å²) in [7, 11) is 0. The molecular formula is C12H14. The predicted octanol–water partition coefficient (Wildman–Crippen LogP) is 3.20. The second-order valence-electron chi connectivity index (χ2n) is 3.79. The van der Waals surface area contributed by atoms with Crippen molar-refractivity contribution in [2.24, 2.45) is 5.92 Å². The normalized spacial score (nSPS) is 21.2. The molecule has 0 radical (unpaired) electrons. The van der Waals surface area contributed by atoms with Crippen molar-refractivity contribution in [3.05, 3.63) is 41.5 Å². The lowest BCUT2D eigenvalue weighted by molar-refractivity contribution is 0.782. The molecule has 1 atom stereocenters. The number of rotatable bonds is 0. The second-order valence-corrected chi connectivity index (χ2v) is 3.79. The van der Waals surface area contributed by atoms with Crippen molar-refractivity contribution in [1.82, 2.24) is 0 Å². The van der Waals surface area contributed by atoms with Crippen LogP contribution < -0.4 is 0 Å². The van der Waals surface area contributed by atoms with Crippen LogP contribution in [0.4, 0.5) is 0 Å².